The number of benzodiazepines with no additional fused rings is 1. The van der Waals surface area contributed by atoms with Crippen LogP contribution in [0.25, 0.3) is 10.9 Å². The average molecular weight is 643 g/mol. The molecule has 2 amide bonds. The molecule has 3 aromatic carbocycles. The van der Waals surface area contributed by atoms with Crippen molar-refractivity contribution >= 4 is 46.1 Å². The van der Waals surface area contributed by atoms with Crippen LogP contribution in [0.5, 0.6) is 0 Å². The number of hydrogen-bond donors (Lipinski definition) is 7. The molecule has 0 bridgehead atoms. The second-order valence-electron chi connectivity index (χ2n) is 10.2. The summed E-state index contributed by atoms with van der Waals surface area (Å²) in [4.78, 5) is 63.0. The maximum Gasteiger partial charge on any atom is 0.335 e. The number of amides is 2. The molecular weight excluding hydrogens is 615 g/mol. The number of aliphatic hydroxyl groups is 2. The number of carboxylic acid groups (broad SMARTS) is 2. The van der Waals surface area contributed by atoms with Crippen molar-refractivity contribution in [3.8, 4) is 0 Å². The van der Waals surface area contributed by atoms with Gasteiger partial charge in [0.05, 0.1) is 30.0 Å². The maximum absolute atomic E-state index is 15.0. The molecule has 0 fully saturated rings. The van der Waals surface area contributed by atoms with E-state index >= 15 is 0 Å². The first-order valence-electron chi connectivity index (χ1n) is 14.0. The number of H-pyrrole nitrogens is 2. The zero-order valence-electron chi connectivity index (χ0n) is 24.2. The van der Waals surface area contributed by atoms with E-state index in [1.165, 1.54) is 17.3 Å². The van der Waals surface area contributed by atoms with Crippen molar-refractivity contribution in [2.45, 2.75) is 24.9 Å². The van der Waals surface area contributed by atoms with Gasteiger partial charge in [0.25, 0.3) is 11.8 Å². The second-order valence-corrected chi connectivity index (χ2v) is 10.2. The summed E-state index contributed by atoms with van der Waals surface area (Å²) >= 11 is 0. The SMILES string of the molecule is O=C(N[C@H]1N=C(c2ccccc2F)c2ccccc2N(Cc2cnc[nH]2)C1=O)c1cc2ccccc2[nH]1.O=C(O)C(O)C(O)C(=O)O. The highest BCUT2D eigenvalue weighted by molar-refractivity contribution is 6.20. The van der Waals surface area contributed by atoms with Crippen molar-refractivity contribution in [3.63, 3.8) is 0 Å². The van der Waals surface area contributed by atoms with Gasteiger partial charge in [0.1, 0.15) is 11.5 Å². The number of aliphatic imine (C=N–C) groups is 1. The number of fused-ring (bicyclic) bond motifs is 2. The third-order valence-electron chi connectivity index (χ3n) is 7.07. The van der Waals surface area contributed by atoms with Crippen molar-refractivity contribution in [1.29, 1.82) is 0 Å². The van der Waals surface area contributed by atoms with Crippen LogP contribution in [0.15, 0.2) is 96.4 Å². The third-order valence-corrected chi connectivity index (χ3v) is 7.07. The van der Waals surface area contributed by atoms with Gasteiger partial charge in [-0.15, -0.1) is 0 Å². The molecule has 7 N–H and O–H groups in total. The van der Waals surface area contributed by atoms with Crippen LogP contribution in [0.3, 0.4) is 0 Å². The number of imidazole rings is 1. The zero-order chi connectivity index (χ0) is 33.7. The fraction of sp³-hybridized carbons (Fsp3) is 0.125. The van der Waals surface area contributed by atoms with E-state index in [0.717, 1.165) is 10.9 Å². The number of aromatic amines is 2. The molecule has 0 saturated carbocycles. The molecule has 6 rings (SSSR count). The van der Waals surface area contributed by atoms with Crippen LogP contribution in [0.2, 0.25) is 0 Å². The molecule has 14 nitrogen and oxygen atoms in total. The Kier molecular flexibility index (Phi) is 9.49. The zero-order valence-corrected chi connectivity index (χ0v) is 24.2. The molecule has 0 spiro atoms. The first-order chi connectivity index (χ1) is 22.5. The van der Waals surface area contributed by atoms with Crippen LogP contribution in [0.1, 0.15) is 27.3 Å². The molecule has 3 atom stereocenters. The van der Waals surface area contributed by atoms with Gasteiger partial charge < -0.3 is 40.6 Å². The fourth-order valence-electron chi connectivity index (χ4n) is 4.76. The first kappa shape index (κ1) is 32.2. The summed E-state index contributed by atoms with van der Waals surface area (Å²) in [5.74, 6) is -4.98. The summed E-state index contributed by atoms with van der Waals surface area (Å²) in [6, 6.07) is 22.6. The summed E-state index contributed by atoms with van der Waals surface area (Å²) in [7, 11) is 0. The van der Waals surface area contributed by atoms with Gasteiger partial charge in [-0.1, -0.05) is 48.5 Å². The second kappa shape index (κ2) is 13.8. The first-order valence-corrected chi connectivity index (χ1v) is 14.0. The number of anilines is 1. The van der Waals surface area contributed by atoms with E-state index < -0.39 is 47.9 Å². The number of carboxylic acids is 2. The van der Waals surface area contributed by atoms with E-state index in [4.69, 9.17) is 20.4 Å². The lowest BCUT2D eigenvalue weighted by atomic mass is 9.99. The van der Waals surface area contributed by atoms with E-state index in [2.05, 4.69) is 25.3 Å². The normalized spacial score (nSPS) is 15.4. The number of carbonyl (C=O) groups is 4. The Morgan fingerprint density at radius 3 is 2.19 bits per heavy atom. The van der Waals surface area contributed by atoms with Crippen LogP contribution in [0, 0.1) is 5.82 Å². The lowest BCUT2D eigenvalue weighted by molar-refractivity contribution is -0.165. The monoisotopic (exact) mass is 642 g/mol. The predicted octanol–water partition coefficient (Wildman–Crippen LogP) is 2.05. The Labute approximate surface area is 264 Å². The van der Waals surface area contributed by atoms with Crippen LogP contribution in [-0.2, 0) is 20.9 Å². The third kappa shape index (κ3) is 7.06. The molecule has 5 aromatic rings. The van der Waals surface area contributed by atoms with Gasteiger partial charge in [0.2, 0.25) is 6.17 Å². The number of benzene rings is 3. The standard InChI is InChI=1S/C28H21FN6O2.C4H6O6/c29-21-10-4-2-8-19(21)25-20-9-3-6-12-24(20)35(15-18-14-30-16-31-18)28(37)26(33-25)34-27(36)23-13-17-7-1-5-11-22(17)32-23;5-1(3(7)8)2(6)4(9)10/h1-14,16,26,32H,15H2,(H,30,31)(H,34,36);1-2,5-6H,(H,7,8)(H,9,10)/t26-;/m1./s1. The molecule has 47 heavy (non-hydrogen) atoms. The smallest absolute Gasteiger partial charge is 0.335 e. The number of nitrogens with zero attached hydrogens (tertiary/aromatic N) is 3. The van der Waals surface area contributed by atoms with E-state index in [-0.39, 0.29) is 17.8 Å². The predicted molar refractivity (Wildman–Crippen MR) is 165 cm³/mol. The van der Waals surface area contributed by atoms with Crippen molar-refractivity contribution in [1.82, 2.24) is 20.3 Å². The van der Waals surface area contributed by atoms with Crippen molar-refractivity contribution in [2.75, 3.05) is 4.90 Å². The lowest BCUT2D eigenvalue weighted by Gasteiger charge is -2.25. The Bertz CT molecular complexity index is 1920. The highest BCUT2D eigenvalue weighted by atomic mass is 19.1. The van der Waals surface area contributed by atoms with Crippen molar-refractivity contribution in [3.05, 3.63) is 120 Å². The van der Waals surface area contributed by atoms with E-state index in [0.29, 0.717) is 22.6 Å². The summed E-state index contributed by atoms with van der Waals surface area (Å²) in [6.45, 7) is 0.161. The molecule has 3 heterocycles. The molecule has 0 aliphatic carbocycles. The topological polar surface area (TPSA) is 221 Å². The van der Waals surface area contributed by atoms with Gasteiger partial charge in [-0.3, -0.25) is 9.59 Å². The van der Waals surface area contributed by atoms with E-state index in [1.807, 2.05) is 24.3 Å². The Balaban J connectivity index is 0.000000378. The Morgan fingerprint density at radius 1 is 0.915 bits per heavy atom. The molecule has 1 aliphatic heterocycles. The summed E-state index contributed by atoms with van der Waals surface area (Å²) in [5, 5.41) is 36.1. The highest BCUT2D eigenvalue weighted by Crippen LogP contribution is 2.30. The molecule has 1 aliphatic rings. The Morgan fingerprint density at radius 2 is 1.55 bits per heavy atom. The minimum Gasteiger partial charge on any atom is -0.479 e. The minimum atomic E-state index is -2.27. The van der Waals surface area contributed by atoms with Crippen LogP contribution >= 0.6 is 0 Å². The van der Waals surface area contributed by atoms with E-state index in [1.54, 1.807) is 54.7 Å². The van der Waals surface area contributed by atoms with Gasteiger partial charge >= 0.3 is 11.9 Å². The number of aliphatic hydroxyl groups excluding tert-OH is 2. The molecule has 0 saturated heterocycles. The number of rotatable bonds is 8. The van der Waals surface area contributed by atoms with Gasteiger partial charge in [-0.05, 0) is 30.3 Å². The molecule has 15 heteroatoms. The summed E-state index contributed by atoms with van der Waals surface area (Å²) in [5.41, 5.74) is 3.40. The average Bonchev–Trinajstić information content (AvgIpc) is 3.73. The number of aromatic nitrogens is 3. The summed E-state index contributed by atoms with van der Waals surface area (Å²) < 4.78 is 15.0. The van der Waals surface area contributed by atoms with Gasteiger partial charge in [0.15, 0.2) is 12.2 Å². The molecular formula is C32H27FN6O8. The van der Waals surface area contributed by atoms with Gasteiger partial charge in [0, 0.05) is 28.2 Å². The van der Waals surface area contributed by atoms with Gasteiger partial charge in [-0.25, -0.2) is 24.0 Å². The molecule has 0 radical (unpaired) electrons. The van der Waals surface area contributed by atoms with Crippen LogP contribution < -0.4 is 10.2 Å². The van der Waals surface area contributed by atoms with Crippen molar-refractivity contribution in [2.24, 2.45) is 4.99 Å². The van der Waals surface area contributed by atoms with Crippen LogP contribution in [0.4, 0.5) is 10.1 Å². The number of aliphatic carboxylic acids is 2. The number of hydrogen-bond acceptors (Lipinski definition) is 8. The van der Waals surface area contributed by atoms with Crippen LogP contribution in [-0.4, -0.2) is 83.2 Å². The number of para-hydroxylation sites is 2. The minimum absolute atomic E-state index is 0.161. The van der Waals surface area contributed by atoms with Crippen molar-refractivity contribution < 1.29 is 44.0 Å². The number of halogens is 1. The quantitative estimate of drug-likeness (QED) is 0.131. The Hall–Kier alpha value is -6.19. The molecule has 2 unspecified atom stereocenters. The number of nitrogens with one attached hydrogen (secondary N) is 3. The fourth-order valence-corrected chi connectivity index (χ4v) is 4.76. The molecule has 240 valence electrons. The highest BCUT2D eigenvalue weighted by Gasteiger charge is 2.34. The maximum atomic E-state index is 15.0. The van der Waals surface area contributed by atoms with Gasteiger partial charge in [-0.2, -0.15) is 0 Å². The number of carbonyl (C=O) groups excluding carboxylic acids is 2. The van der Waals surface area contributed by atoms with E-state index in [9.17, 15) is 23.6 Å². The largest absolute Gasteiger partial charge is 0.479 e. The molecule has 2 aromatic heterocycles. The summed E-state index contributed by atoms with van der Waals surface area (Å²) in [6.07, 6.45) is -2.68. The lowest BCUT2D eigenvalue weighted by Crippen LogP contribution is -2.47.